The molecule has 1 N–H and O–H groups in total. The van der Waals surface area contributed by atoms with Gasteiger partial charge in [0.05, 0.1) is 46.8 Å². The minimum absolute atomic E-state index is 0.127. The summed E-state index contributed by atoms with van der Waals surface area (Å²) in [7, 11) is 1.62. The smallest absolute Gasteiger partial charge is 0.253 e. The van der Waals surface area contributed by atoms with E-state index in [9.17, 15) is 4.79 Å². The Hall–Kier alpha value is -2.83. The van der Waals surface area contributed by atoms with Crippen LogP contribution in [0.2, 0.25) is 10.0 Å². The largest absolute Gasteiger partial charge is 0.496 e. The van der Waals surface area contributed by atoms with E-state index in [0.717, 1.165) is 17.0 Å². The van der Waals surface area contributed by atoms with Crippen molar-refractivity contribution in [1.82, 2.24) is 15.3 Å². The van der Waals surface area contributed by atoms with Gasteiger partial charge in [-0.05, 0) is 43.2 Å². The van der Waals surface area contributed by atoms with E-state index in [0.29, 0.717) is 16.5 Å². The van der Waals surface area contributed by atoms with Crippen LogP contribution in [0.4, 0.5) is 0 Å². The van der Waals surface area contributed by atoms with Gasteiger partial charge in [-0.1, -0.05) is 37.0 Å². The van der Waals surface area contributed by atoms with Crippen LogP contribution in [0.1, 0.15) is 47.1 Å². The standard InChI is InChI=1S/C23H23Cl2N3O3/c1-13(2)18-9-16(5-8-20(18)30-4)31-22-19(24)7-6-17(21(22)25)23(29)28-12-15-11-26-14(3)10-27-15/h5-11,13H,12H2,1-4H3,(H,28,29). The number of hydrogen-bond donors (Lipinski definition) is 1. The topological polar surface area (TPSA) is 73.3 Å². The number of halogens is 2. The van der Waals surface area contributed by atoms with E-state index >= 15 is 0 Å². The fraction of sp³-hybridized carbons (Fsp3) is 0.261. The third kappa shape index (κ3) is 5.46. The van der Waals surface area contributed by atoms with Crippen molar-refractivity contribution in [2.75, 3.05) is 7.11 Å². The SMILES string of the molecule is COc1ccc(Oc2c(Cl)ccc(C(=O)NCc3cnc(C)cn3)c2Cl)cc1C(C)C. The maximum Gasteiger partial charge on any atom is 0.253 e. The van der Waals surface area contributed by atoms with Crippen LogP contribution in [0.5, 0.6) is 17.2 Å². The van der Waals surface area contributed by atoms with Crippen molar-refractivity contribution in [1.29, 1.82) is 0 Å². The Labute approximate surface area is 191 Å². The summed E-state index contributed by atoms with van der Waals surface area (Å²) in [5, 5.41) is 3.21. The Morgan fingerprint density at radius 3 is 2.55 bits per heavy atom. The highest BCUT2D eigenvalue weighted by Gasteiger charge is 2.19. The van der Waals surface area contributed by atoms with Crippen molar-refractivity contribution in [3.8, 4) is 17.2 Å². The summed E-state index contributed by atoms with van der Waals surface area (Å²) in [4.78, 5) is 21.1. The summed E-state index contributed by atoms with van der Waals surface area (Å²) in [6, 6.07) is 8.60. The molecule has 0 saturated heterocycles. The van der Waals surface area contributed by atoms with E-state index in [1.165, 1.54) is 0 Å². The highest BCUT2D eigenvalue weighted by molar-refractivity contribution is 6.39. The van der Waals surface area contributed by atoms with Gasteiger partial charge < -0.3 is 14.8 Å². The monoisotopic (exact) mass is 459 g/mol. The number of nitrogens with one attached hydrogen (secondary N) is 1. The van der Waals surface area contributed by atoms with Gasteiger partial charge in [-0.25, -0.2) is 0 Å². The van der Waals surface area contributed by atoms with Gasteiger partial charge in [-0.3, -0.25) is 14.8 Å². The lowest BCUT2D eigenvalue weighted by Crippen LogP contribution is -2.23. The number of amides is 1. The predicted octanol–water partition coefficient (Wildman–Crippen LogP) is 5.95. The number of rotatable bonds is 7. The first-order chi connectivity index (χ1) is 14.8. The molecule has 0 unspecified atom stereocenters. The number of carbonyl (C=O) groups is 1. The van der Waals surface area contributed by atoms with Gasteiger partial charge in [0, 0.05) is 11.8 Å². The highest BCUT2D eigenvalue weighted by atomic mass is 35.5. The first-order valence-corrected chi connectivity index (χ1v) is 10.4. The normalized spacial score (nSPS) is 10.8. The Kier molecular flexibility index (Phi) is 7.36. The summed E-state index contributed by atoms with van der Waals surface area (Å²) < 4.78 is 11.4. The molecule has 162 valence electrons. The first kappa shape index (κ1) is 22.8. The van der Waals surface area contributed by atoms with Gasteiger partial charge in [0.2, 0.25) is 0 Å². The van der Waals surface area contributed by atoms with Crippen LogP contribution in [-0.4, -0.2) is 23.0 Å². The van der Waals surface area contributed by atoms with Crippen molar-refractivity contribution >= 4 is 29.1 Å². The van der Waals surface area contributed by atoms with Gasteiger partial charge in [-0.2, -0.15) is 0 Å². The molecule has 1 aromatic heterocycles. The van der Waals surface area contributed by atoms with E-state index in [2.05, 4.69) is 29.1 Å². The minimum atomic E-state index is -0.369. The average molecular weight is 460 g/mol. The first-order valence-electron chi connectivity index (χ1n) is 9.69. The number of ether oxygens (including phenoxy) is 2. The van der Waals surface area contributed by atoms with Gasteiger partial charge >= 0.3 is 0 Å². The summed E-state index contributed by atoms with van der Waals surface area (Å²) in [6.07, 6.45) is 3.26. The Morgan fingerprint density at radius 2 is 1.90 bits per heavy atom. The van der Waals surface area contributed by atoms with Crippen LogP contribution < -0.4 is 14.8 Å². The van der Waals surface area contributed by atoms with E-state index in [1.54, 1.807) is 37.7 Å². The lowest BCUT2D eigenvalue weighted by Gasteiger charge is -2.16. The molecule has 0 atom stereocenters. The van der Waals surface area contributed by atoms with Gasteiger partial charge in [0.15, 0.2) is 5.75 Å². The number of nitrogens with zero attached hydrogens (tertiary/aromatic N) is 2. The second-order valence-corrected chi connectivity index (χ2v) is 8.02. The van der Waals surface area contributed by atoms with Crippen LogP contribution in [0.15, 0.2) is 42.7 Å². The predicted molar refractivity (Wildman–Crippen MR) is 122 cm³/mol. The molecule has 0 aliphatic heterocycles. The molecular formula is C23H23Cl2N3O3. The van der Waals surface area contributed by atoms with Gasteiger partial charge in [0.1, 0.15) is 11.5 Å². The molecule has 3 rings (SSSR count). The molecule has 0 saturated carbocycles. The Morgan fingerprint density at radius 1 is 1.13 bits per heavy atom. The molecule has 0 aliphatic carbocycles. The molecule has 2 aromatic carbocycles. The summed E-state index contributed by atoms with van der Waals surface area (Å²) in [5.74, 6) is 1.39. The van der Waals surface area contributed by atoms with Crippen LogP contribution in [0.25, 0.3) is 0 Å². The second kappa shape index (κ2) is 9.98. The summed E-state index contributed by atoms with van der Waals surface area (Å²) in [5.41, 5.74) is 2.68. The van der Waals surface area contributed by atoms with Gasteiger partial charge in [0.25, 0.3) is 5.91 Å². The minimum Gasteiger partial charge on any atom is -0.496 e. The molecule has 0 fully saturated rings. The number of carbonyl (C=O) groups excluding carboxylic acids is 1. The van der Waals surface area contributed by atoms with Crippen LogP contribution in [0.3, 0.4) is 0 Å². The van der Waals surface area contributed by atoms with Crippen molar-refractivity contribution in [3.05, 3.63) is 75.3 Å². The van der Waals surface area contributed by atoms with Crippen LogP contribution in [-0.2, 0) is 6.54 Å². The average Bonchev–Trinajstić information content (AvgIpc) is 2.76. The Balaban J connectivity index is 1.82. The van der Waals surface area contributed by atoms with E-state index in [-0.39, 0.29) is 34.7 Å². The molecule has 0 bridgehead atoms. The zero-order chi connectivity index (χ0) is 22.5. The molecule has 6 nitrogen and oxygen atoms in total. The molecule has 0 spiro atoms. The molecule has 0 radical (unpaired) electrons. The quantitative estimate of drug-likeness (QED) is 0.472. The molecule has 3 aromatic rings. The number of benzene rings is 2. The van der Waals surface area contributed by atoms with Gasteiger partial charge in [-0.15, -0.1) is 0 Å². The molecule has 8 heteroatoms. The third-order valence-corrected chi connectivity index (χ3v) is 5.27. The fourth-order valence-electron chi connectivity index (χ4n) is 2.92. The van der Waals surface area contributed by atoms with Crippen molar-refractivity contribution in [2.24, 2.45) is 0 Å². The zero-order valence-electron chi connectivity index (χ0n) is 17.7. The van der Waals surface area contributed by atoms with Crippen LogP contribution in [0, 0.1) is 6.92 Å². The highest BCUT2D eigenvalue weighted by Crippen LogP contribution is 2.40. The number of methoxy groups -OCH3 is 1. The van der Waals surface area contributed by atoms with E-state index in [1.807, 2.05) is 19.1 Å². The number of aryl methyl sites for hydroxylation is 1. The maximum absolute atomic E-state index is 12.7. The lowest BCUT2D eigenvalue weighted by molar-refractivity contribution is 0.0950. The fourth-order valence-corrected chi connectivity index (χ4v) is 3.46. The van der Waals surface area contributed by atoms with E-state index < -0.39 is 0 Å². The zero-order valence-corrected chi connectivity index (χ0v) is 19.2. The van der Waals surface area contributed by atoms with Crippen LogP contribution >= 0.6 is 23.2 Å². The Bertz CT molecular complexity index is 1090. The number of hydrogen-bond acceptors (Lipinski definition) is 5. The molecule has 1 amide bonds. The lowest BCUT2D eigenvalue weighted by atomic mass is 10.0. The third-order valence-electron chi connectivity index (χ3n) is 4.60. The second-order valence-electron chi connectivity index (χ2n) is 7.23. The van der Waals surface area contributed by atoms with E-state index in [4.69, 9.17) is 32.7 Å². The van der Waals surface area contributed by atoms with Crippen molar-refractivity contribution in [2.45, 2.75) is 33.2 Å². The van der Waals surface area contributed by atoms with Crippen molar-refractivity contribution < 1.29 is 14.3 Å². The molecule has 0 aliphatic rings. The van der Waals surface area contributed by atoms with Crippen molar-refractivity contribution in [3.63, 3.8) is 0 Å². The molecular weight excluding hydrogens is 437 g/mol. The maximum atomic E-state index is 12.7. The number of aromatic nitrogens is 2. The molecule has 1 heterocycles. The molecule has 31 heavy (non-hydrogen) atoms. The summed E-state index contributed by atoms with van der Waals surface area (Å²) in [6.45, 7) is 6.19. The summed E-state index contributed by atoms with van der Waals surface area (Å²) >= 11 is 12.8.